The molecule has 8 heteroatoms. The molecule has 1 fully saturated rings. The van der Waals surface area contributed by atoms with Crippen LogP contribution in [0.2, 0.25) is 5.02 Å². The van der Waals surface area contributed by atoms with Crippen molar-refractivity contribution in [1.29, 1.82) is 0 Å². The van der Waals surface area contributed by atoms with Crippen LogP contribution in [-0.4, -0.2) is 22.3 Å². The van der Waals surface area contributed by atoms with Crippen molar-refractivity contribution < 1.29 is 18.8 Å². The summed E-state index contributed by atoms with van der Waals surface area (Å²) in [6.45, 7) is 0.467. The zero-order chi connectivity index (χ0) is 20.1. The number of hydrogen-bond acceptors (Lipinski definition) is 6. The van der Waals surface area contributed by atoms with Gasteiger partial charge in [0.1, 0.15) is 12.4 Å². The fourth-order valence-electron chi connectivity index (χ4n) is 3.04. The van der Waals surface area contributed by atoms with Crippen LogP contribution >= 0.6 is 11.6 Å². The lowest BCUT2D eigenvalue weighted by molar-refractivity contribution is 0.125. The van der Waals surface area contributed by atoms with Gasteiger partial charge in [0.05, 0.1) is 0 Å². The highest BCUT2D eigenvalue weighted by atomic mass is 35.5. The van der Waals surface area contributed by atoms with E-state index in [0.717, 1.165) is 18.4 Å². The van der Waals surface area contributed by atoms with Crippen LogP contribution in [0.3, 0.4) is 0 Å². The van der Waals surface area contributed by atoms with E-state index in [1.54, 1.807) is 24.3 Å². The second-order valence-electron chi connectivity index (χ2n) is 6.86. The highest BCUT2D eigenvalue weighted by Gasteiger charge is 2.35. The van der Waals surface area contributed by atoms with Gasteiger partial charge in [0, 0.05) is 17.0 Å². The molecule has 0 atom stereocenters. The second kappa shape index (κ2) is 8.96. The fraction of sp³-hybridized carbons (Fsp3) is 0.286. The molecule has 1 N–H and O–H groups in total. The number of hydrogen-bond donors (Lipinski definition) is 1. The summed E-state index contributed by atoms with van der Waals surface area (Å²) in [6, 6.07) is 16.7. The molecule has 1 saturated carbocycles. The van der Waals surface area contributed by atoms with Crippen LogP contribution in [0, 0.1) is 0 Å². The van der Waals surface area contributed by atoms with Gasteiger partial charge in [0.25, 0.3) is 0 Å². The smallest absolute Gasteiger partial charge is 0.407 e. The zero-order valence-corrected chi connectivity index (χ0v) is 16.3. The molecule has 2 aromatic carbocycles. The Balaban J connectivity index is 1.18. The van der Waals surface area contributed by atoms with Gasteiger partial charge in [-0.05, 0) is 42.7 Å². The molecule has 29 heavy (non-hydrogen) atoms. The molecule has 0 radical (unpaired) electrons. The summed E-state index contributed by atoms with van der Waals surface area (Å²) in [6.07, 6.45) is 1.06. The first-order valence-corrected chi connectivity index (χ1v) is 9.71. The van der Waals surface area contributed by atoms with Crippen LogP contribution in [0.4, 0.5) is 4.79 Å². The largest absolute Gasteiger partial charge is 0.485 e. The summed E-state index contributed by atoms with van der Waals surface area (Å²) in [4.78, 5) is 16.3. The normalized spacial score (nSPS) is 18.0. The van der Waals surface area contributed by atoms with Gasteiger partial charge in [-0.25, -0.2) is 4.79 Å². The summed E-state index contributed by atoms with van der Waals surface area (Å²) in [7, 11) is 0. The number of rotatable bonds is 7. The zero-order valence-electron chi connectivity index (χ0n) is 15.6. The first kappa shape index (κ1) is 19.3. The Morgan fingerprint density at radius 2 is 1.86 bits per heavy atom. The average molecular weight is 414 g/mol. The Morgan fingerprint density at radius 3 is 2.62 bits per heavy atom. The van der Waals surface area contributed by atoms with E-state index in [1.165, 1.54) is 0 Å². The van der Waals surface area contributed by atoms with Crippen LogP contribution in [0.1, 0.15) is 36.0 Å². The number of carbonyl (C=O) groups is 1. The van der Waals surface area contributed by atoms with Gasteiger partial charge in [-0.3, -0.25) is 0 Å². The lowest BCUT2D eigenvalue weighted by atomic mass is 9.80. The first-order valence-electron chi connectivity index (χ1n) is 9.34. The maximum Gasteiger partial charge on any atom is 0.407 e. The summed E-state index contributed by atoms with van der Waals surface area (Å²) in [5.74, 6) is 1.86. The van der Waals surface area contributed by atoms with Crippen LogP contribution < -0.4 is 10.1 Å². The van der Waals surface area contributed by atoms with Crippen LogP contribution in [0.15, 0.2) is 59.1 Å². The van der Waals surface area contributed by atoms with E-state index in [9.17, 15) is 4.79 Å². The van der Waals surface area contributed by atoms with Gasteiger partial charge in [-0.2, -0.15) is 4.98 Å². The topological polar surface area (TPSA) is 86.5 Å². The predicted octanol–water partition coefficient (Wildman–Crippen LogP) is 4.47. The monoisotopic (exact) mass is 413 g/mol. The van der Waals surface area contributed by atoms with Crippen molar-refractivity contribution in [3.05, 3.63) is 76.9 Å². The molecule has 7 nitrogen and oxygen atoms in total. The van der Waals surface area contributed by atoms with Crippen molar-refractivity contribution in [2.75, 3.05) is 0 Å². The molecule has 3 aromatic rings. The number of carbonyl (C=O) groups excluding carboxylic acids is 1. The van der Waals surface area contributed by atoms with Crippen LogP contribution in [-0.2, 0) is 18.0 Å². The minimum atomic E-state index is -0.417. The number of alkyl carbamates (subject to hydrolysis) is 1. The fourth-order valence-corrected chi connectivity index (χ4v) is 3.17. The van der Waals surface area contributed by atoms with Crippen molar-refractivity contribution >= 4 is 17.7 Å². The Bertz CT molecular complexity index is 940. The van der Waals surface area contributed by atoms with E-state index in [-0.39, 0.29) is 25.2 Å². The molecule has 150 valence electrons. The standard InChI is InChI=1S/C21H20ClN3O4/c22-16-6-8-18(9-7-16)27-13-19-24-20(29-25-19)15-10-17(11-15)23-21(26)28-12-14-4-2-1-3-5-14/h1-9,15,17H,10-13H2,(H,23,26). The highest BCUT2D eigenvalue weighted by molar-refractivity contribution is 6.30. The quantitative estimate of drug-likeness (QED) is 0.614. The van der Waals surface area contributed by atoms with Crippen molar-refractivity contribution in [3.63, 3.8) is 0 Å². The lowest BCUT2D eigenvalue weighted by Crippen LogP contribution is -2.43. The van der Waals surface area contributed by atoms with Gasteiger partial charge < -0.3 is 19.3 Å². The molecule has 0 saturated heterocycles. The Labute approximate surface area is 173 Å². The summed E-state index contributed by atoms with van der Waals surface area (Å²) in [5, 5.41) is 7.46. The SMILES string of the molecule is O=C(NC1CC(c2nc(COc3ccc(Cl)cc3)no2)C1)OCc1ccccc1. The van der Waals surface area contributed by atoms with Crippen molar-refractivity contribution in [2.24, 2.45) is 0 Å². The molecule has 1 amide bonds. The van der Waals surface area contributed by atoms with Gasteiger partial charge >= 0.3 is 6.09 Å². The molecule has 0 unspecified atom stereocenters. The molecule has 0 spiro atoms. The van der Waals surface area contributed by atoms with Gasteiger partial charge in [0.15, 0.2) is 6.61 Å². The Kier molecular flexibility index (Phi) is 5.95. The maximum absolute atomic E-state index is 11.9. The number of ether oxygens (including phenoxy) is 2. The minimum Gasteiger partial charge on any atom is -0.485 e. The molecule has 1 aromatic heterocycles. The average Bonchev–Trinajstić information content (AvgIpc) is 3.17. The number of nitrogens with one attached hydrogen (secondary N) is 1. The van der Waals surface area contributed by atoms with E-state index < -0.39 is 6.09 Å². The van der Waals surface area contributed by atoms with E-state index in [1.807, 2.05) is 30.3 Å². The van der Waals surface area contributed by atoms with Crippen molar-refractivity contribution in [1.82, 2.24) is 15.5 Å². The maximum atomic E-state index is 11.9. The molecule has 0 aliphatic heterocycles. The van der Waals surface area contributed by atoms with Gasteiger partial charge in [-0.1, -0.05) is 47.1 Å². The van der Waals surface area contributed by atoms with Crippen molar-refractivity contribution in [2.45, 2.75) is 38.0 Å². The molecule has 1 aliphatic carbocycles. The summed E-state index contributed by atoms with van der Waals surface area (Å²) >= 11 is 5.85. The summed E-state index contributed by atoms with van der Waals surface area (Å²) < 4.78 is 16.2. The van der Waals surface area contributed by atoms with Gasteiger partial charge in [-0.15, -0.1) is 0 Å². The van der Waals surface area contributed by atoms with Crippen LogP contribution in [0.5, 0.6) is 5.75 Å². The van der Waals surface area contributed by atoms with E-state index >= 15 is 0 Å². The molecule has 0 bridgehead atoms. The number of benzene rings is 2. The Hall–Kier alpha value is -3.06. The molecule has 1 heterocycles. The highest BCUT2D eigenvalue weighted by Crippen LogP contribution is 2.36. The third kappa shape index (κ3) is 5.26. The first-order chi connectivity index (χ1) is 14.2. The number of halogens is 1. The predicted molar refractivity (Wildman–Crippen MR) is 106 cm³/mol. The van der Waals surface area contributed by atoms with E-state index in [4.69, 9.17) is 25.6 Å². The third-order valence-electron chi connectivity index (χ3n) is 4.69. The molecule has 4 rings (SSSR count). The molecular formula is C21H20ClN3O4. The summed E-state index contributed by atoms with van der Waals surface area (Å²) in [5.41, 5.74) is 0.952. The van der Waals surface area contributed by atoms with Crippen molar-refractivity contribution in [3.8, 4) is 5.75 Å². The van der Waals surface area contributed by atoms with Crippen LogP contribution in [0.25, 0.3) is 0 Å². The Morgan fingerprint density at radius 1 is 1.10 bits per heavy atom. The second-order valence-corrected chi connectivity index (χ2v) is 7.30. The lowest BCUT2D eigenvalue weighted by Gasteiger charge is -2.32. The minimum absolute atomic E-state index is 0.0453. The van der Waals surface area contributed by atoms with Gasteiger partial charge in [0.2, 0.25) is 11.7 Å². The number of amides is 1. The third-order valence-corrected chi connectivity index (χ3v) is 4.94. The molecule has 1 aliphatic rings. The van der Waals surface area contributed by atoms with E-state index in [2.05, 4.69) is 15.5 Å². The van der Waals surface area contributed by atoms with E-state index in [0.29, 0.717) is 22.5 Å². The number of nitrogens with zero attached hydrogens (tertiary/aromatic N) is 2. The molecular weight excluding hydrogens is 394 g/mol. The number of aromatic nitrogens is 2.